The van der Waals surface area contributed by atoms with Gasteiger partial charge in [-0.25, -0.2) is 5.84 Å². The molecular weight excluding hydrogens is 80.0 g/mol. The lowest BCUT2D eigenvalue weighted by molar-refractivity contribution is -0.607. The zero-order valence-electron chi connectivity index (χ0n) is 3.76. The summed E-state index contributed by atoms with van der Waals surface area (Å²) < 4.78 is 0.972. The molecule has 1 unspecified atom stereocenters. The van der Waals surface area contributed by atoms with Gasteiger partial charge in [0, 0.05) is 6.92 Å². The van der Waals surface area contributed by atoms with Crippen LogP contribution in [0.1, 0.15) is 6.92 Å². The maximum atomic E-state index is 8.37. The van der Waals surface area contributed by atoms with Gasteiger partial charge in [-0.2, -0.15) is 0 Å². The molecule has 0 aromatic rings. The van der Waals surface area contributed by atoms with Crippen molar-refractivity contribution in [2.75, 3.05) is 0 Å². The highest BCUT2D eigenvalue weighted by Gasteiger charge is 1.97. The van der Waals surface area contributed by atoms with Crippen LogP contribution in [0.5, 0.6) is 0 Å². The van der Waals surface area contributed by atoms with Gasteiger partial charge in [0.05, 0.1) is 0 Å². The molecule has 36 valence electrons. The topological polar surface area (TPSA) is 49.3 Å². The summed E-state index contributed by atoms with van der Waals surface area (Å²) in [6, 6.07) is 0. The standard InChI is InChI=1S/C3H9N2O/c1-3(6)5(2)4/h3,6H,2,4H2,1H3/q+1. The third-order valence-electron chi connectivity index (χ3n) is 0.480. The summed E-state index contributed by atoms with van der Waals surface area (Å²) in [6.45, 7) is 4.73. The molecule has 0 fully saturated rings. The average Bonchev–Trinajstić information content (AvgIpc) is 1.36. The van der Waals surface area contributed by atoms with Crippen molar-refractivity contribution in [3.05, 3.63) is 0 Å². The maximum Gasteiger partial charge on any atom is 0.279 e. The first-order valence-electron chi connectivity index (χ1n) is 1.67. The second-order valence-electron chi connectivity index (χ2n) is 1.15. The molecule has 0 rings (SSSR count). The van der Waals surface area contributed by atoms with Crippen molar-refractivity contribution < 1.29 is 9.79 Å². The van der Waals surface area contributed by atoms with E-state index < -0.39 is 6.23 Å². The second-order valence-corrected chi connectivity index (χ2v) is 1.15. The Labute approximate surface area is 36.7 Å². The molecule has 0 spiro atoms. The Morgan fingerprint density at radius 2 is 2.17 bits per heavy atom. The summed E-state index contributed by atoms with van der Waals surface area (Å²) in [6.07, 6.45) is -0.648. The van der Waals surface area contributed by atoms with E-state index in [0.717, 1.165) is 4.68 Å². The van der Waals surface area contributed by atoms with Crippen molar-refractivity contribution >= 4 is 6.72 Å². The summed E-state index contributed by atoms with van der Waals surface area (Å²) in [7, 11) is 0. The normalized spacial score (nSPS) is 13.7. The van der Waals surface area contributed by atoms with Gasteiger partial charge < -0.3 is 5.11 Å². The highest BCUT2D eigenvalue weighted by Crippen LogP contribution is 1.68. The van der Waals surface area contributed by atoms with E-state index in [9.17, 15) is 0 Å². The van der Waals surface area contributed by atoms with Crippen LogP contribution in [0, 0.1) is 0 Å². The first-order chi connectivity index (χ1) is 2.64. The van der Waals surface area contributed by atoms with Crippen LogP contribution in [0.3, 0.4) is 0 Å². The molecule has 3 heteroatoms. The van der Waals surface area contributed by atoms with Crippen LogP contribution in [-0.2, 0) is 0 Å². The molecule has 0 aromatic heterocycles. The number of nitrogens with zero attached hydrogens (tertiary/aromatic N) is 1. The van der Waals surface area contributed by atoms with Crippen LogP contribution in [0.2, 0.25) is 0 Å². The monoisotopic (exact) mass is 89.1 g/mol. The lowest BCUT2D eigenvalue weighted by atomic mass is 10.7. The smallest absolute Gasteiger partial charge is 0.279 e. The molecule has 0 heterocycles. The van der Waals surface area contributed by atoms with Crippen molar-refractivity contribution in [3.8, 4) is 0 Å². The molecule has 0 aliphatic carbocycles. The number of hydrogen-bond acceptors (Lipinski definition) is 2. The first-order valence-corrected chi connectivity index (χ1v) is 1.67. The summed E-state index contributed by atoms with van der Waals surface area (Å²) in [4.78, 5) is 0. The molecule has 0 bridgehead atoms. The molecule has 0 amide bonds. The summed E-state index contributed by atoms with van der Waals surface area (Å²) in [5, 5.41) is 8.37. The lowest BCUT2D eigenvalue weighted by Crippen LogP contribution is -2.27. The number of hydrogen-bond donors (Lipinski definition) is 2. The summed E-state index contributed by atoms with van der Waals surface area (Å²) in [5.74, 6) is 4.91. The van der Waals surface area contributed by atoms with E-state index >= 15 is 0 Å². The number of hydrazone groups is 1. The zero-order valence-corrected chi connectivity index (χ0v) is 3.76. The Bertz CT molecular complexity index is 59.8. The molecule has 3 N–H and O–H groups in total. The molecule has 3 nitrogen and oxygen atoms in total. The van der Waals surface area contributed by atoms with Crippen LogP contribution in [-0.4, -0.2) is 22.7 Å². The fourth-order valence-electron chi connectivity index (χ4n) is 0. The Morgan fingerprint density at radius 3 is 2.17 bits per heavy atom. The van der Waals surface area contributed by atoms with E-state index in [1.807, 2.05) is 0 Å². The van der Waals surface area contributed by atoms with Gasteiger partial charge in [0.2, 0.25) is 0 Å². The minimum atomic E-state index is -0.648. The highest BCUT2D eigenvalue weighted by molar-refractivity contribution is 5.13. The average molecular weight is 89.1 g/mol. The van der Waals surface area contributed by atoms with E-state index in [0.29, 0.717) is 0 Å². The van der Waals surface area contributed by atoms with E-state index in [1.165, 1.54) is 6.92 Å². The molecule has 0 aliphatic heterocycles. The molecular formula is C3H9N2O+. The molecule has 0 saturated heterocycles. The lowest BCUT2D eigenvalue weighted by Gasteiger charge is -1.90. The van der Waals surface area contributed by atoms with Gasteiger partial charge in [0.1, 0.15) is 0 Å². The van der Waals surface area contributed by atoms with Gasteiger partial charge >= 0.3 is 0 Å². The fraction of sp³-hybridized carbons (Fsp3) is 0.667. The third kappa shape index (κ3) is 1.72. The van der Waals surface area contributed by atoms with Crippen molar-refractivity contribution in [2.24, 2.45) is 5.84 Å². The predicted molar refractivity (Wildman–Crippen MR) is 23.2 cm³/mol. The van der Waals surface area contributed by atoms with Gasteiger partial charge in [-0.15, -0.1) is 4.68 Å². The third-order valence-corrected chi connectivity index (χ3v) is 0.480. The predicted octanol–water partition coefficient (Wildman–Crippen LogP) is -1.09. The number of nitrogens with two attached hydrogens (primary N) is 1. The molecule has 6 heavy (non-hydrogen) atoms. The fourth-order valence-corrected chi connectivity index (χ4v) is 0. The van der Waals surface area contributed by atoms with E-state index in [2.05, 4.69) is 6.72 Å². The van der Waals surface area contributed by atoms with Crippen LogP contribution in [0.15, 0.2) is 0 Å². The van der Waals surface area contributed by atoms with Gasteiger partial charge in [-0.3, -0.25) is 0 Å². The van der Waals surface area contributed by atoms with Crippen molar-refractivity contribution in [1.82, 2.24) is 0 Å². The summed E-state index contributed by atoms with van der Waals surface area (Å²) in [5.41, 5.74) is 0. The summed E-state index contributed by atoms with van der Waals surface area (Å²) >= 11 is 0. The van der Waals surface area contributed by atoms with Gasteiger partial charge in [-0.1, -0.05) is 0 Å². The van der Waals surface area contributed by atoms with Crippen LogP contribution < -0.4 is 5.84 Å². The molecule has 1 atom stereocenters. The SMILES string of the molecule is C=[N+](N)C(C)O. The number of hydrazine groups is 1. The van der Waals surface area contributed by atoms with Crippen molar-refractivity contribution in [2.45, 2.75) is 13.2 Å². The first kappa shape index (κ1) is 5.43. The quantitative estimate of drug-likeness (QED) is 0.141. The minimum Gasteiger partial charge on any atom is -0.335 e. The van der Waals surface area contributed by atoms with Crippen molar-refractivity contribution in [1.29, 1.82) is 0 Å². The Hall–Kier alpha value is -0.570. The van der Waals surface area contributed by atoms with E-state index in [4.69, 9.17) is 10.9 Å². The Kier molecular flexibility index (Phi) is 1.60. The minimum absolute atomic E-state index is 0.648. The molecule has 0 saturated carbocycles. The molecule has 0 aromatic carbocycles. The van der Waals surface area contributed by atoms with Crippen LogP contribution in [0.25, 0.3) is 0 Å². The molecule has 0 aliphatic rings. The highest BCUT2D eigenvalue weighted by atomic mass is 16.3. The number of aliphatic hydroxyl groups excluding tert-OH is 1. The Balaban J connectivity index is 3.26. The maximum absolute atomic E-state index is 8.37. The van der Waals surface area contributed by atoms with Gasteiger partial charge in [0.15, 0.2) is 6.72 Å². The van der Waals surface area contributed by atoms with Crippen LogP contribution >= 0.6 is 0 Å². The largest absolute Gasteiger partial charge is 0.335 e. The molecule has 0 radical (unpaired) electrons. The van der Waals surface area contributed by atoms with E-state index in [1.54, 1.807) is 0 Å². The Morgan fingerprint density at radius 1 is 2.00 bits per heavy atom. The zero-order chi connectivity index (χ0) is 5.15. The number of aliphatic hydroxyl groups is 1. The van der Waals surface area contributed by atoms with Crippen LogP contribution in [0.4, 0.5) is 0 Å². The second kappa shape index (κ2) is 1.77. The van der Waals surface area contributed by atoms with Gasteiger partial charge in [0.25, 0.3) is 6.23 Å². The van der Waals surface area contributed by atoms with E-state index in [-0.39, 0.29) is 0 Å². The van der Waals surface area contributed by atoms with Gasteiger partial charge in [-0.05, 0) is 0 Å². The van der Waals surface area contributed by atoms with Crippen molar-refractivity contribution in [3.63, 3.8) is 0 Å². The number of rotatable bonds is 1.